The first-order chi connectivity index (χ1) is 10.2. The van der Waals surface area contributed by atoms with Gasteiger partial charge in [0.05, 0.1) is 5.71 Å². The molecule has 0 aliphatic heterocycles. The van der Waals surface area contributed by atoms with E-state index in [1.54, 1.807) is 12.4 Å². The lowest BCUT2D eigenvalue weighted by Gasteiger charge is -2.09. The zero-order valence-electron chi connectivity index (χ0n) is 12.3. The molecule has 0 aliphatic rings. The number of imidazole rings is 1. The molecule has 1 N–H and O–H groups in total. The van der Waals surface area contributed by atoms with Crippen molar-refractivity contribution in [2.45, 2.75) is 20.5 Å². The van der Waals surface area contributed by atoms with Crippen LogP contribution >= 0.6 is 0 Å². The number of hydrogen-bond acceptors (Lipinski definition) is 5. The van der Waals surface area contributed by atoms with E-state index in [2.05, 4.69) is 20.3 Å². The van der Waals surface area contributed by atoms with Crippen molar-refractivity contribution < 1.29 is 9.68 Å². The highest BCUT2D eigenvalue weighted by Gasteiger charge is 2.14. The molecule has 0 saturated heterocycles. The van der Waals surface area contributed by atoms with Crippen LogP contribution in [0, 0.1) is 0 Å². The molecule has 0 radical (unpaired) electrons. The summed E-state index contributed by atoms with van der Waals surface area (Å²) in [4.78, 5) is 17.5. The Balaban J connectivity index is 2.33. The fraction of sp³-hybridized carbons (Fsp3) is 0.267. The summed E-state index contributed by atoms with van der Waals surface area (Å²) >= 11 is 0. The number of H-pyrrole nitrogens is 1. The Kier molecular flexibility index (Phi) is 5.09. The lowest BCUT2D eigenvalue weighted by atomic mass is 10.0. The lowest BCUT2D eigenvalue weighted by molar-refractivity contribution is 0.130. The molecule has 2 aromatic rings. The Morgan fingerprint density at radius 2 is 2.05 bits per heavy atom. The third kappa shape index (κ3) is 3.92. The van der Waals surface area contributed by atoms with Crippen LogP contribution in [-0.2, 0) is 16.3 Å². The van der Waals surface area contributed by atoms with E-state index < -0.39 is 0 Å². The maximum absolute atomic E-state index is 5.33. The lowest BCUT2D eigenvalue weighted by Crippen LogP contribution is -2.10. The molecule has 1 aromatic heterocycles. The normalized spacial score (nSPS) is 11.1. The van der Waals surface area contributed by atoms with Crippen molar-refractivity contribution in [2.75, 3.05) is 7.11 Å². The molecular formula is C15H18N4O2. The van der Waals surface area contributed by atoms with Gasteiger partial charge >= 0.3 is 0 Å². The molecule has 0 atom stereocenters. The van der Waals surface area contributed by atoms with E-state index in [-0.39, 0.29) is 0 Å². The van der Waals surface area contributed by atoms with Gasteiger partial charge in [-0.15, -0.1) is 0 Å². The number of rotatable bonds is 6. The molecule has 21 heavy (non-hydrogen) atoms. The van der Waals surface area contributed by atoms with Gasteiger partial charge in [-0.3, -0.25) is 0 Å². The van der Waals surface area contributed by atoms with Crippen LogP contribution in [0.2, 0.25) is 0 Å². The minimum Gasteiger partial charge on any atom is -0.399 e. The van der Waals surface area contributed by atoms with Crippen molar-refractivity contribution >= 4 is 11.4 Å². The van der Waals surface area contributed by atoms with Crippen LogP contribution in [0.3, 0.4) is 0 Å². The van der Waals surface area contributed by atoms with E-state index in [0.717, 1.165) is 16.8 Å². The Hall–Kier alpha value is -2.63. The summed E-state index contributed by atoms with van der Waals surface area (Å²) in [5.74, 6) is 0.638. The summed E-state index contributed by atoms with van der Waals surface area (Å²) in [6, 6.07) is 7.78. The maximum atomic E-state index is 5.33. The van der Waals surface area contributed by atoms with Gasteiger partial charge in [-0.25, -0.2) is 4.98 Å². The van der Waals surface area contributed by atoms with Gasteiger partial charge in [-0.05, 0) is 13.8 Å². The Morgan fingerprint density at radius 1 is 1.24 bits per heavy atom. The van der Waals surface area contributed by atoms with E-state index in [1.807, 2.05) is 38.1 Å². The van der Waals surface area contributed by atoms with E-state index in [4.69, 9.17) is 9.68 Å². The highest BCUT2D eigenvalue weighted by atomic mass is 16.6. The first-order valence-corrected chi connectivity index (χ1v) is 6.54. The predicted octanol–water partition coefficient (Wildman–Crippen LogP) is 2.72. The SMILES string of the molecule is CON=C(c1ncc[nH]1)c1ccccc1CON=C(C)C. The second-order valence-corrected chi connectivity index (χ2v) is 4.53. The van der Waals surface area contributed by atoms with Gasteiger partial charge < -0.3 is 14.7 Å². The summed E-state index contributed by atoms with van der Waals surface area (Å²) < 4.78 is 0. The third-order valence-electron chi connectivity index (χ3n) is 2.64. The van der Waals surface area contributed by atoms with Crippen LogP contribution in [0.15, 0.2) is 47.0 Å². The van der Waals surface area contributed by atoms with Crippen LogP contribution < -0.4 is 0 Å². The van der Waals surface area contributed by atoms with Crippen molar-refractivity contribution in [2.24, 2.45) is 10.3 Å². The average molecular weight is 286 g/mol. The number of hydrogen-bond donors (Lipinski definition) is 1. The van der Waals surface area contributed by atoms with Gasteiger partial charge in [0.2, 0.25) is 0 Å². The topological polar surface area (TPSA) is 71.9 Å². The molecule has 0 fully saturated rings. The first-order valence-electron chi connectivity index (χ1n) is 6.54. The summed E-state index contributed by atoms with van der Waals surface area (Å²) in [6.07, 6.45) is 3.41. The largest absolute Gasteiger partial charge is 0.399 e. The van der Waals surface area contributed by atoms with E-state index in [9.17, 15) is 0 Å². The first kappa shape index (κ1) is 14.8. The van der Waals surface area contributed by atoms with Gasteiger partial charge in [0.1, 0.15) is 13.7 Å². The van der Waals surface area contributed by atoms with E-state index in [1.165, 1.54) is 7.11 Å². The van der Waals surface area contributed by atoms with Crippen LogP contribution in [-0.4, -0.2) is 28.5 Å². The molecule has 0 bridgehead atoms. The van der Waals surface area contributed by atoms with E-state index >= 15 is 0 Å². The van der Waals surface area contributed by atoms with Crippen molar-refractivity contribution in [3.05, 3.63) is 53.6 Å². The zero-order chi connectivity index (χ0) is 15.1. The minimum atomic E-state index is 0.352. The Bertz CT molecular complexity index is 629. The highest BCUT2D eigenvalue weighted by Crippen LogP contribution is 2.15. The smallest absolute Gasteiger partial charge is 0.160 e. The molecular weight excluding hydrogens is 268 g/mol. The highest BCUT2D eigenvalue weighted by molar-refractivity contribution is 6.11. The second-order valence-electron chi connectivity index (χ2n) is 4.53. The quantitative estimate of drug-likeness (QED) is 0.655. The molecule has 0 saturated carbocycles. The molecule has 0 unspecified atom stereocenters. The number of nitrogens with zero attached hydrogens (tertiary/aromatic N) is 3. The summed E-state index contributed by atoms with van der Waals surface area (Å²) in [7, 11) is 1.51. The standard InChI is InChI=1S/C15H18N4O2/c1-11(2)18-21-10-12-6-4-5-7-13(12)14(19-20-3)15-16-8-9-17-15/h4-9H,10H2,1-3H3,(H,16,17). The molecule has 6 nitrogen and oxygen atoms in total. The molecule has 2 rings (SSSR count). The summed E-state index contributed by atoms with van der Waals surface area (Å²) in [5, 5.41) is 8.02. The fourth-order valence-corrected chi connectivity index (χ4v) is 1.81. The number of nitrogens with one attached hydrogen (secondary N) is 1. The van der Waals surface area contributed by atoms with E-state index in [0.29, 0.717) is 18.1 Å². The van der Waals surface area contributed by atoms with Crippen LogP contribution in [0.4, 0.5) is 0 Å². The second kappa shape index (κ2) is 7.23. The Morgan fingerprint density at radius 3 is 2.71 bits per heavy atom. The van der Waals surface area contributed by atoms with Gasteiger partial charge in [-0.1, -0.05) is 34.6 Å². The monoisotopic (exact) mass is 286 g/mol. The summed E-state index contributed by atoms with van der Waals surface area (Å²) in [6.45, 7) is 4.12. The molecule has 6 heteroatoms. The predicted molar refractivity (Wildman–Crippen MR) is 81.2 cm³/mol. The maximum Gasteiger partial charge on any atom is 0.160 e. The Labute approximate surface area is 123 Å². The number of aromatic nitrogens is 2. The molecule has 0 aliphatic carbocycles. The third-order valence-corrected chi connectivity index (χ3v) is 2.64. The van der Waals surface area contributed by atoms with Crippen molar-refractivity contribution in [1.82, 2.24) is 9.97 Å². The van der Waals surface area contributed by atoms with Crippen LogP contribution in [0.5, 0.6) is 0 Å². The molecule has 1 aromatic carbocycles. The molecule has 1 heterocycles. The molecule has 110 valence electrons. The van der Waals surface area contributed by atoms with Crippen molar-refractivity contribution in [3.63, 3.8) is 0 Å². The van der Waals surface area contributed by atoms with Gasteiger partial charge in [0, 0.05) is 23.5 Å². The summed E-state index contributed by atoms with van der Waals surface area (Å²) in [5.41, 5.74) is 3.33. The zero-order valence-corrected chi connectivity index (χ0v) is 12.3. The van der Waals surface area contributed by atoms with Gasteiger partial charge in [-0.2, -0.15) is 0 Å². The minimum absolute atomic E-state index is 0.352. The molecule has 0 amide bonds. The number of benzene rings is 1. The fourth-order valence-electron chi connectivity index (χ4n) is 1.81. The number of aromatic amines is 1. The van der Waals surface area contributed by atoms with Crippen molar-refractivity contribution in [3.8, 4) is 0 Å². The van der Waals surface area contributed by atoms with Crippen LogP contribution in [0.1, 0.15) is 30.8 Å². The van der Waals surface area contributed by atoms with Crippen molar-refractivity contribution in [1.29, 1.82) is 0 Å². The van der Waals surface area contributed by atoms with Gasteiger partial charge in [0.15, 0.2) is 11.5 Å². The van der Waals surface area contributed by atoms with Crippen LogP contribution in [0.25, 0.3) is 0 Å². The molecule has 0 spiro atoms. The number of oxime groups is 2. The average Bonchev–Trinajstić information content (AvgIpc) is 2.99. The van der Waals surface area contributed by atoms with Gasteiger partial charge in [0.25, 0.3) is 0 Å².